The maximum atomic E-state index is 10.8. The maximum Gasteiger partial charge on any atom is 0.184 e. The van der Waals surface area contributed by atoms with Gasteiger partial charge in [0, 0.05) is 10.5 Å². The Kier molecular flexibility index (Phi) is 5.87. The van der Waals surface area contributed by atoms with Gasteiger partial charge in [0.05, 0.1) is 19.3 Å². The van der Waals surface area contributed by atoms with Crippen LogP contribution in [0.25, 0.3) is 10.4 Å². The van der Waals surface area contributed by atoms with Crippen molar-refractivity contribution in [2.24, 2.45) is 5.11 Å². The Balaban J connectivity index is 1.47. The second kappa shape index (κ2) is 8.70. The quantitative estimate of drug-likeness (QED) is 0.485. The monoisotopic (exact) mass is 383 g/mol. The molecule has 2 heterocycles. The Morgan fingerprint density at radius 3 is 2.50 bits per heavy atom. The standard InChI is InChI=1S/C20H21N3O5/c21-23-22-16-17(24)18-15(12-26-19(28-18)14-9-5-2-6-10-14)27-20(16)25-11-13-7-3-1-4-8-13/h1-10,15-20,24H,11-12H2/t15-,16?,17+,18-,19?,20?/m1/s1. The molecular weight excluding hydrogens is 362 g/mol. The molecule has 3 unspecified atom stereocenters. The Labute approximate surface area is 162 Å². The number of fused-ring (bicyclic) bond motifs is 1. The molecular formula is C20H21N3O5. The molecule has 28 heavy (non-hydrogen) atoms. The molecule has 0 spiro atoms. The number of hydrogen-bond donors (Lipinski definition) is 1. The third-order valence-electron chi connectivity index (χ3n) is 4.85. The van der Waals surface area contributed by atoms with E-state index >= 15 is 0 Å². The summed E-state index contributed by atoms with van der Waals surface area (Å²) in [5.74, 6) is 0. The zero-order chi connectivity index (χ0) is 19.3. The molecule has 0 amide bonds. The zero-order valence-corrected chi connectivity index (χ0v) is 15.1. The van der Waals surface area contributed by atoms with E-state index in [-0.39, 0.29) is 13.2 Å². The third-order valence-corrected chi connectivity index (χ3v) is 4.85. The molecule has 2 fully saturated rings. The lowest BCUT2D eigenvalue weighted by atomic mass is 9.96. The number of azide groups is 1. The van der Waals surface area contributed by atoms with Gasteiger partial charge in [-0.3, -0.25) is 0 Å². The first-order valence-corrected chi connectivity index (χ1v) is 9.11. The Bertz CT molecular complexity index is 815. The number of benzene rings is 2. The third kappa shape index (κ3) is 4.02. The molecule has 8 nitrogen and oxygen atoms in total. The van der Waals surface area contributed by atoms with Crippen LogP contribution in [0.1, 0.15) is 17.4 Å². The van der Waals surface area contributed by atoms with Gasteiger partial charge in [-0.1, -0.05) is 65.8 Å². The number of hydrogen-bond acceptors (Lipinski definition) is 6. The van der Waals surface area contributed by atoms with E-state index in [0.29, 0.717) is 0 Å². The fourth-order valence-corrected chi connectivity index (χ4v) is 3.43. The van der Waals surface area contributed by atoms with Crippen molar-refractivity contribution in [2.45, 2.75) is 43.5 Å². The highest BCUT2D eigenvalue weighted by molar-refractivity contribution is 5.17. The van der Waals surface area contributed by atoms with E-state index in [1.165, 1.54) is 0 Å². The van der Waals surface area contributed by atoms with E-state index in [2.05, 4.69) is 10.0 Å². The van der Waals surface area contributed by atoms with Crippen LogP contribution >= 0.6 is 0 Å². The second-order valence-electron chi connectivity index (χ2n) is 6.70. The van der Waals surface area contributed by atoms with Crippen molar-refractivity contribution in [1.29, 1.82) is 0 Å². The van der Waals surface area contributed by atoms with Gasteiger partial charge in [0.1, 0.15) is 18.2 Å². The van der Waals surface area contributed by atoms with Gasteiger partial charge in [0.25, 0.3) is 0 Å². The van der Waals surface area contributed by atoms with Crippen molar-refractivity contribution in [3.05, 3.63) is 82.2 Å². The van der Waals surface area contributed by atoms with Gasteiger partial charge >= 0.3 is 0 Å². The summed E-state index contributed by atoms with van der Waals surface area (Å²) in [5.41, 5.74) is 10.7. The summed E-state index contributed by atoms with van der Waals surface area (Å²) in [4.78, 5) is 2.85. The van der Waals surface area contributed by atoms with E-state index < -0.39 is 36.9 Å². The first-order valence-electron chi connectivity index (χ1n) is 9.11. The van der Waals surface area contributed by atoms with E-state index in [1.807, 2.05) is 60.7 Å². The summed E-state index contributed by atoms with van der Waals surface area (Å²) in [5, 5.41) is 14.5. The van der Waals surface area contributed by atoms with Crippen LogP contribution in [-0.2, 0) is 25.6 Å². The van der Waals surface area contributed by atoms with Crippen LogP contribution in [0, 0.1) is 0 Å². The smallest absolute Gasteiger partial charge is 0.184 e. The lowest BCUT2D eigenvalue weighted by Gasteiger charge is -2.46. The minimum atomic E-state index is -1.08. The predicted molar refractivity (Wildman–Crippen MR) is 98.8 cm³/mol. The summed E-state index contributed by atoms with van der Waals surface area (Å²) in [6.45, 7) is 0.497. The molecule has 6 atom stereocenters. The first-order chi connectivity index (χ1) is 13.8. The van der Waals surface area contributed by atoms with Crippen LogP contribution in [-0.4, -0.2) is 42.4 Å². The van der Waals surface area contributed by atoms with Crippen molar-refractivity contribution in [3.8, 4) is 0 Å². The maximum absolute atomic E-state index is 10.8. The second-order valence-corrected chi connectivity index (χ2v) is 6.70. The molecule has 2 aromatic rings. The summed E-state index contributed by atoms with van der Waals surface area (Å²) < 4.78 is 23.5. The van der Waals surface area contributed by atoms with Crippen LogP contribution < -0.4 is 0 Å². The molecule has 0 radical (unpaired) electrons. The van der Waals surface area contributed by atoms with Crippen molar-refractivity contribution in [1.82, 2.24) is 0 Å². The molecule has 2 aromatic carbocycles. The Morgan fingerprint density at radius 1 is 1.07 bits per heavy atom. The Morgan fingerprint density at radius 2 is 1.79 bits per heavy atom. The summed E-state index contributed by atoms with van der Waals surface area (Å²) >= 11 is 0. The minimum absolute atomic E-state index is 0.232. The summed E-state index contributed by atoms with van der Waals surface area (Å²) in [6, 6.07) is 18.1. The van der Waals surface area contributed by atoms with Crippen molar-refractivity contribution < 1.29 is 24.1 Å². The highest BCUT2D eigenvalue weighted by Gasteiger charge is 2.49. The van der Waals surface area contributed by atoms with Gasteiger partial charge in [0.15, 0.2) is 12.6 Å². The molecule has 0 aromatic heterocycles. The van der Waals surface area contributed by atoms with Gasteiger partial charge in [0.2, 0.25) is 0 Å². The molecule has 2 saturated heterocycles. The highest BCUT2D eigenvalue weighted by Crippen LogP contribution is 2.35. The van der Waals surface area contributed by atoms with Gasteiger partial charge in [-0.2, -0.15) is 0 Å². The fourth-order valence-electron chi connectivity index (χ4n) is 3.43. The van der Waals surface area contributed by atoms with Crippen LogP contribution in [0.4, 0.5) is 0 Å². The zero-order valence-electron chi connectivity index (χ0n) is 15.1. The van der Waals surface area contributed by atoms with Crippen molar-refractivity contribution >= 4 is 0 Å². The average Bonchev–Trinajstić information content (AvgIpc) is 2.76. The van der Waals surface area contributed by atoms with Gasteiger partial charge in [-0.25, -0.2) is 0 Å². The molecule has 4 rings (SSSR count). The molecule has 8 heteroatoms. The van der Waals surface area contributed by atoms with Crippen LogP contribution in [0.3, 0.4) is 0 Å². The molecule has 2 aliphatic heterocycles. The van der Waals surface area contributed by atoms with Crippen molar-refractivity contribution in [2.75, 3.05) is 6.61 Å². The van der Waals surface area contributed by atoms with Crippen LogP contribution in [0.5, 0.6) is 0 Å². The lowest BCUT2D eigenvalue weighted by molar-refractivity contribution is -0.343. The number of rotatable bonds is 5. The molecule has 2 aliphatic rings. The molecule has 1 N–H and O–H groups in total. The van der Waals surface area contributed by atoms with E-state index in [0.717, 1.165) is 11.1 Å². The largest absolute Gasteiger partial charge is 0.390 e. The highest BCUT2D eigenvalue weighted by atomic mass is 16.7. The first kappa shape index (κ1) is 18.9. The predicted octanol–water partition coefficient (Wildman–Crippen LogP) is 3.08. The minimum Gasteiger partial charge on any atom is -0.390 e. The number of aliphatic hydroxyl groups excluding tert-OH is 1. The topological polar surface area (TPSA) is 106 Å². The summed E-state index contributed by atoms with van der Waals surface area (Å²) in [7, 11) is 0. The number of aliphatic hydroxyl groups is 1. The lowest BCUT2D eigenvalue weighted by Crippen LogP contribution is -2.61. The van der Waals surface area contributed by atoms with Crippen LogP contribution in [0.15, 0.2) is 65.8 Å². The Hall–Kier alpha value is -2.45. The summed E-state index contributed by atoms with van der Waals surface area (Å²) in [6.07, 6.45) is -3.81. The van der Waals surface area contributed by atoms with Crippen LogP contribution in [0.2, 0.25) is 0 Å². The van der Waals surface area contributed by atoms with Crippen molar-refractivity contribution in [3.63, 3.8) is 0 Å². The normalized spacial score (nSPS) is 32.2. The fraction of sp³-hybridized carbons (Fsp3) is 0.400. The van der Waals surface area contributed by atoms with E-state index in [1.54, 1.807) is 0 Å². The molecule has 0 bridgehead atoms. The van der Waals surface area contributed by atoms with Gasteiger partial charge in [-0.05, 0) is 11.1 Å². The molecule has 0 saturated carbocycles. The number of nitrogens with zero attached hydrogens (tertiary/aromatic N) is 3. The van der Waals surface area contributed by atoms with E-state index in [9.17, 15) is 5.11 Å². The molecule has 146 valence electrons. The van der Waals surface area contributed by atoms with Gasteiger partial charge < -0.3 is 24.1 Å². The molecule has 0 aliphatic carbocycles. The number of ether oxygens (including phenoxy) is 4. The average molecular weight is 383 g/mol. The van der Waals surface area contributed by atoms with Gasteiger partial charge in [-0.15, -0.1) is 0 Å². The van der Waals surface area contributed by atoms with E-state index in [4.69, 9.17) is 24.5 Å². The SMILES string of the molecule is [N-]=[N+]=NC1C(OCc2ccccc2)O[C@@H]2COC(c3ccccc3)O[C@H]2[C@H]1O.